The quantitative estimate of drug-likeness (QED) is 0.361. The largest absolute Gasteiger partial charge is 0.462 e. The van der Waals surface area contributed by atoms with E-state index < -0.39 is 0 Å². The van der Waals surface area contributed by atoms with Crippen molar-refractivity contribution in [2.24, 2.45) is 0 Å². The van der Waals surface area contributed by atoms with Gasteiger partial charge in [0.1, 0.15) is 0 Å². The molecule has 4 aromatic rings. The number of fused-ring (bicyclic) bond motifs is 3. The fourth-order valence-electron chi connectivity index (χ4n) is 4.55. The Hall–Kier alpha value is -2.73. The maximum atomic E-state index is 13.1. The summed E-state index contributed by atoms with van der Waals surface area (Å²) in [5.74, 6) is 0.0237. The minimum Gasteiger partial charge on any atom is -0.462 e. The van der Waals surface area contributed by atoms with Gasteiger partial charge in [0.05, 0.1) is 22.2 Å². The Morgan fingerprint density at radius 2 is 2.03 bits per heavy atom. The first kappa shape index (κ1) is 21.1. The number of benzene rings is 2. The number of halogens is 2. The zero-order valence-corrected chi connectivity index (χ0v) is 19.2. The molecule has 0 saturated carbocycles. The van der Waals surface area contributed by atoms with Crippen LogP contribution in [0.15, 0.2) is 45.8 Å². The topological polar surface area (TPSA) is 63.4 Å². The standard InChI is InChI=1S/C25H20Cl2N2O3/c1-13-4-3-5-17-22(14(2)30)19-11-29(7-6-21(19)28-23(13)17)10-15-12-32-25-18(24(15)31)8-16(26)9-20(25)27/h3-5,8-9,12H,6-7,10-11H2,1-2H3. The first-order chi connectivity index (χ1) is 15.3. The summed E-state index contributed by atoms with van der Waals surface area (Å²) in [6, 6.07) is 9.05. The van der Waals surface area contributed by atoms with E-state index in [0.29, 0.717) is 46.1 Å². The molecule has 0 bridgehead atoms. The Kier molecular flexibility index (Phi) is 5.28. The van der Waals surface area contributed by atoms with Gasteiger partial charge in [-0.3, -0.25) is 19.5 Å². The number of nitrogens with zero attached hydrogens (tertiary/aromatic N) is 2. The molecule has 7 heteroatoms. The molecule has 3 heterocycles. The van der Waals surface area contributed by atoms with Gasteiger partial charge >= 0.3 is 0 Å². The Labute approximate surface area is 194 Å². The van der Waals surface area contributed by atoms with E-state index in [-0.39, 0.29) is 11.2 Å². The number of rotatable bonds is 3. The molecule has 2 aromatic carbocycles. The van der Waals surface area contributed by atoms with Crippen molar-refractivity contribution in [3.05, 3.63) is 84.8 Å². The average molecular weight is 467 g/mol. The van der Waals surface area contributed by atoms with Gasteiger partial charge in [-0.15, -0.1) is 0 Å². The van der Waals surface area contributed by atoms with Crippen LogP contribution in [0, 0.1) is 6.92 Å². The zero-order valence-electron chi connectivity index (χ0n) is 17.7. The Morgan fingerprint density at radius 1 is 1.22 bits per heavy atom. The number of carbonyl (C=O) groups excluding carboxylic acids is 1. The lowest BCUT2D eigenvalue weighted by molar-refractivity contribution is 0.101. The molecule has 1 aliphatic heterocycles. The second-order valence-electron chi connectivity index (χ2n) is 8.25. The van der Waals surface area contributed by atoms with Crippen molar-refractivity contribution in [1.82, 2.24) is 9.88 Å². The van der Waals surface area contributed by atoms with Gasteiger partial charge in [-0.25, -0.2) is 0 Å². The van der Waals surface area contributed by atoms with Crippen LogP contribution in [0.25, 0.3) is 21.9 Å². The van der Waals surface area contributed by atoms with E-state index in [1.54, 1.807) is 19.1 Å². The SMILES string of the molecule is CC(=O)c1c2c(nc3c(C)cccc13)CCN(Cc1coc3c(Cl)cc(Cl)cc3c1=O)C2. The van der Waals surface area contributed by atoms with E-state index in [1.165, 1.54) is 6.26 Å². The van der Waals surface area contributed by atoms with Gasteiger partial charge in [0, 0.05) is 53.3 Å². The number of ketones is 1. The van der Waals surface area contributed by atoms with Gasteiger partial charge in [0.25, 0.3) is 0 Å². The van der Waals surface area contributed by atoms with Crippen LogP contribution in [0.1, 0.15) is 39.7 Å². The summed E-state index contributed by atoms with van der Waals surface area (Å²) in [6.45, 7) is 5.27. The highest BCUT2D eigenvalue weighted by Crippen LogP contribution is 2.31. The van der Waals surface area contributed by atoms with E-state index in [0.717, 1.165) is 39.8 Å². The van der Waals surface area contributed by atoms with Crippen molar-refractivity contribution in [2.75, 3.05) is 6.54 Å². The molecule has 0 fully saturated rings. The van der Waals surface area contributed by atoms with Crippen LogP contribution in [0.2, 0.25) is 10.0 Å². The number of aryl methyl sites for hydroxylation is 1. The maximum Gasteiger partial charge on any atom is 0.197 e. The smallest absolute Gasteiger partial charge is 0.197 e. The molecule has 0 spiro atoms. The van der Waals surface area contributed by atoms with Crippen molar-refractivity contribution in [3.63, 3.8) is 0 Å². The molecule has 0 radical (unpaired) electrons. The lowest BCUT2D eigenvalue weighted by Gasteiger charge is -2.30. The van der Waals surface area contributed by atoms with Gasteiger partial charge in [0.15, 0.2) is 16.8 Å². The summed E-state index contributed by atoms with van der Waals surface area (Å²) in [4.78, 5) is 32.7. The number of aromatic nitrogens is 1. The van der Waals surface area contributed by atoms with Gasteiger partial charge in [-0.05, 0) is 37.1 Å². The average Bonchev–Trinajstić information content (AvgIpc) is 2.74. The van der Waals surface area contributed by atoms with E-state index in [2.05, 4.69) is 4.90 Å². The molecule has 0 N–H and O–H groups in total. The summed E-state index contributed by atoms with van der Waals surface area (Å²) in [5.41, 5.74) is 5.26. The highest BCUT2D eigenvalue weighted by atomic mass is 35.5. The molecular formula is C25H20Cl2N2O3. The van der Waals surface area contributed by atoms with Crippen LogP contribution in [-0.4, -0.2) is 22.2 Å². The van der Waals surface area contributed by atoms with Crippen molar-refractivity contribution in [1.29, 1.82) is 0 Å². The number of Topliss-reactive ketones (excluding diaryl/α,β-unsaturated/α-hetero) is 1. The molecule has 32 heavy (non-hydrogen) atoms. The van der Waals surface area contributed by atoms with E-state index in [9.17, 15) is 9.59 Å². The summed E-state index contributed by atoms with van der Waals surface area (Å²) in [7, 11) is 0. The third-order valence-corrected chi connectivity index (χ3v) is 6.56. The van der Waals surface area contributed by atoms with Crippen LogP contribution < -0.4 is 5.43 Å². The third-order valence-electron chi connectivity index (χ3n) is 6.06. The van der Waals surface area contributed by atoms with E-state index >= 15 is 0 Å². The van der Waals surface area contributed by atoms with Crippen LogP contribution >= 0.6 is 23.2 Å². The van der Waals surface area contributed by atoms with Crippen LogP contribution in [0.5, 0.6) is 0 Å². The number of hydrogen-bond donors (Lipinski definition) is 0. The molecule has 0 atom stereocenters. The number of para-hydroxylation sites is 1. The summed E-state index contributed by atoms with van der Waals surface area (Å²) >= 11 is 12.3. The monoisotopic (exact) mass is 466 g/mol. The van der Waals surface area contributed by atoms with E-state index in [1.807, 2.05) is 25.1 Å². The molecule has 0 aliphatic carbocycles. The van der Waals surface area contributed by atoms with Crippen LogP contribution in [0.4, 0.5) is 0 Å². The normalized spacial score (nSPS) is 14.1. The predicted molar refractivity (Wildman–Crippen MR) is 127 cm³/mol. The van der Waals surface area contributed by atoms with Crippen LogP contribution in [0.3, 0.4) is 0 Å². The lowest BCUT2D eigenvalue weighted by atomic mass is 9.92. The molecule has 162 valence electrons. The van der Waals surface area contributed by atoms with Crippen molar-refractivity contribution < 1.29 is 9.21 Å². The number of carbonyl (C=O) groups is 1. The second kappa shape index (κ2) is 8.00. The molecule has 0 amide bonds. The van der Waals surface area contributed by atoms with Gasteiger partial charge < -0.3 is 4.42 Å². The predicted octanol–water partition coefficient (Wildman–Crippen LogP) is 5.72. The molecule has 0 unspecified atom stereocenters. The molecule has 2 aromatic heterocycles. The lowest BCUT2D eigenvalue weighted by Crippen LogP contribution is -2.33. The minimum atomic E-state index is -0.152. The minimum absolute atomic E-state index is 0.0237. The Balaban J connectivity index is 1.55. The molecule has 5 rings (SSSR count). The Bertz CT molecular complexity index is 1480. The summed E-state index contributed by atoms with van der Waals surface area (Å²) in [6.07, 6.45) is 2.17. The first-order valence-corrected chi connectivity index (χ1v) is 11.1. The highest BCUT2D eigenvalue weighted by Gasteiger charge is 2.25. The van der Waals surface area contributed by atoms with Crippen LogP contribution in [-0.2, 0) is 19.5 Å². The highest BCUT2D eigenvalue weighted by molar-refractivity contribution is 6.38. The summed E-state index contributed by atoms with van der Waals surface area (Å²) in [5, 5.41) is 1.94. The van der Waals surface area contributed by atoms with E-state index in [4.69, 9.17) is 32.6 Å². The molecular weight excluding hydrogens is 447 g/mol. The van der Waals surface area contributed by atoms with Gasteiger partial charge in [-0.2, -0.15) is 0 Å². The van der Waals surface area contributed by atoms with Crippen molar-refractivity contribution in [3.8, 4) is 0 Å². The molecule has 0 saturated heterocycles. The maximum absolute atomic E-state index is 13.1. The fraction of sp³-hybridized carbons (Fsp3) is 0.240. The van der Waals surface area contributed by atoms with Crippen molar-refractivity contribution >= 4 is 50.9 Å². The molecule has 1 aliphatic rings. The van der Waals surface area contributed by atoms with Gasteiger partial charge in [-0.1, -0.05) is 41.4 Å². The van der Waals surface area contributed by atoms with Gasteiger partial charge in [0.2, 0.25) is 0 Å². The third kappa shape index (κ3) is 3.51. The summed E-state index contributed by atoms with van der Waals surface area (Å²) < 4.78 is 5.67. The fourth-order valence-corrected chi connectivity index (χ4v) is 5.09. The number of pyridine rings is 1. The van der Waals surface area contributed by atoms with Crippen molar-refractivity contribution in [2.45, 2.75) is 33.4 Å². The first-order valence-electron chi connectivity index (χ1n) is 10.4. The zero-order chi connectivity index (χ0) is 22.6. The molecule has 5 nitrogen and oxygen atoms in total. The number of hydrogen-bond acceptors (Lipinski definition) is 5. The second-order valence-corrected chi connectivity index (χ2v) is 9.10. The Morgan fingerprint density at radius 3 is 2.81 bits per heavy atom.